The van der Waals surface area contributed by atoms with Crippen molar-refractivity contribution in [2.24, 2.45) is 0 Å². The van der Waals surface area contributed by atoms with Crippen LogP contribution in [-0.4, -0.2) is 12.7 Å². The molecule has 1 aliphatic heterocycles. The standard InChI is InChI=1S/C14H8BrClFNO3/c15-7-1-2-8(10(17)3-7)14(19)18-11-5-13-12(4-9(11)16)20-6-21-13/h1-5H,6H2,(H,18,19). The molecule has 0 spiro atoms. The summed E-state index contributed by atoms with van der Waals surface area (Å²) in [5.74, 6) is -0.238. The third-order valence-corrected chi connectivity index (χ3v) is 3.69. The number of halogens is 3. The van der Waals surface area contributed by atoms with Crippen molar-refractivity contribution in [1.29, 1.82) is 0 Å². The van der Waals surface area contributed by atoms with E-state index in [1.165, 1.54) is 18.2 Å². The molecule has 0 saturated heterocycles. The molecule has 4 nitrogen and oxygen atoms in total. The van der Waals surface area contributed by atoms with Crippen LogP contribution < -0.4 is 14.8 Å². The molecule has 21 heavy (non-hydrogen) atoms. The smallest absolute Gasteiger partial charge is 0.258 e. The Labute approximate surface area is 132 Å². The van der Waals surface area contributed by atoms with Crippen molar-refractivity contribution in [2.45, 2.75) is 0 Å². The molecule has 0 aliphatic carbocycles. The van der Waals surface area contributed by atoms with Crippen LogP contribution in [-0.2, 0) is 0 Å². The second kappa shape index (κ2) is 5.54. The van der Waals surface area contributed by atoms with Crippen molar-refractivity contribution in [2.75, 3.05) is 12.1 Å². The Bertz CT molecular complexity index is 738. The van der Waals surface area contributed by atoms with Crippen LogP contribution in [0.4, 0.5) is 10.1 Å². The zero-order valence-electron chi connectivity index (χ0n) is 10.5. The number of hydrogen-bond donors (Lipinski definition) is 1. The fourth-order valence-corrected chi connectivity index (χ4v) is 2.41. The highest BCUT2D eigenvalue weighted by Gasteiger charge is 2.19. The molecule has 0 atom stereocenters. The van der Waals surface area contributed by atoms with Crippen LogP contribution in [0.3, 0.4) is 0 Å². The van der Waals surface area contributed by atoms with Gasteiger partial charge in [0.2, 0.25) is 6.79 Å². The fraction of sp³-hybridized carbons (Fsp3) is 0.0714. The molecule has 3 rings (SSSR count). The first-order valence-electron chi connectivity index (χ1n) is 5.90. The van der Waals surface area contributed by atoms with E-state index in [9.17, 15) is 9.18 Å². The van der Waals surface area contributed by atoms with Gasteiger partial charge >= 0.3 is 0 Å². The largest absolute Gasteiger partial charge is 0.454 e. The first kappa shape index (κ1) is 14.2. The lowest BCUT2D eigenvalue weighted by Gasteiger charge is -2.09. The Hall–Kier alpha value is -1.79. The van der Waals surface area contributed by atoms with Crippen LogP contribution in [0.2, 0.25) is 5.02 Å². The Morgan fingerprint density at radius 2 is 1.95 bits per heavy atom. The van der Waals surface area contributed by atoms with E-state index in [2.05, 4.69) is 21.2 Å². The number of rotatable bonds is 2. The van der Waals surface area contributed by atoms with Gasteiger partial charge in [-0.15, -0.1) is 0 Å². The minimum atomic E-state index is -0.626. The Morgan fingerprint density at radius 3 is 2.67 bits per heavy atom. The first-order valence-corrected chi connectivity index (χ1v) is 7.07. The molecular weight excluding hydrogens is 365 g/mol. The van der Waals surface area contributed by atoms with Crippen LogP contribution in [0.5, 0.6) is 11.5 Å². The third-order valence-electron chi connectivity index (χ3n) is 2.89. The van der Waals surface area contributed by atoms with Crippen molar-refractivity contribution in [3.8, 4) is 11.5 Å². The molecular formula is C14H8BrClFNO3. The molecule has 0 aromatic heterocycles. The first-order chi connectivity index (χ1) is 10.0. The summed E-state index contributed by atoms with van der Waals surface area (Å²) in [5, 5.41) is 2.84. The van der Waals surface area contributed by atoms with E-state index in [0.29, 0.717) is 21.7 Å². The van der Waals surface area contributed by atoms with Crippen molar-refractivity contribution in [3.05, 3.63) is 51.2 Å². The second-order valence-corrected chi connectivity index (χ2v) is 5.59. The lowest BCUT2D eigenvalue weighted by molar-refractivity contribution is 0.102. The molecule has 1 aliphatic rings. The summed E-state index contributed by atoms with van der Waals surface area (Å²) in [6.45, 7) is 0.102. The number of fused-ring (bicyclic) bond motifs is 1. The van der Waals surface area contributed by atoms with Crippen LogP contribution in [0.15, 0.2) is 34.8 Å². The topological polar surface area (TPSA) is 47.6 Å². The van der Waals surface area contributed by atoms with Gasteiger partial charge in [-0.05, 0) is 18.2 Å². The zero-order chi connectivity index (χ0) is 15.0. The predicted octanol–water partition coefficient (Wildman–Crippen LogP) is 4.22. The lowest BCUT2D eigenvalue weighted by Crippen LogP contribution is -2.14. The molecule has 0 fully saturated rings. The summed E-state index contributed by atoms with van der Waals surface area (Å²) in [5.41, 5.74) is 0.250. The van der Waals surface area contributed by atoms with Crippen LogP contribution in [0.1, 0.15) is 10.4 Å². The van der Waals surface area contributed by atoms with Gasteiger partial charge in [-0.2, -0.15) is 0 Å². The number of anilines is 1. The maximum Gasteiger partial charge on any atom is 0.258 e. The maximum absolute atomic E-state index is 13.8. The molecule has 1 N–H and O–H groups in total. The summed E-state index contributed by atoms with van der Waals surface area (Å²) in [4.78, 5) is 12.1. The molecule has 0 bridgehead atoms. The van der Waals surface area contributed by atoms with Crippen LogP contribution in [0, 0.1) is 5.82 Å². The second-order valence-electron chi connectivity index (χ2n) is 4.26. The summed E-state index contributed by atoms with van der Waals surface area (Å²) >= 11 is 9.19. The molecule has 1 heterocycles. The number of carbonyl (C=O) groups excluding carboxylic acids is 1. The summed E-state index contributed by atoms with van der Waals surface area (Å²) < 4.78 is 24.7. The van der Waals surface area contributed by atoms with Gasteiger partial charge in [-0.3, -0.25) is 4.79 Å². The van der Waals surface area contributed by atoms with Crippen LogP contribution in [0.25, 0.3) is 0 Å². The molecule has 7 heteroatoms. The van der Waals surface area contributed by atoms with E-state index in [4.69, 9.17) is 21.1 Å². The summed E-state index contributed by atoms with van der Waals surface area (Å²) in [6.07, 6.45) is 0. The van der Waals surface area contributed by atoms with E-state index in [1.54, 1.807) is 12.1 Å². The Morgan fingerprint density at radius 1 is 1.24 bits per heavy atom. The minimum absolute atomic E-state index is 0.0769. The Balaban J connectivity index is 1.88. The van der Waals surface area contributed by atoms with E-state index in [0.717, 1.165) is 0 Å². The average Bonchev–Trinajstić information content (AvgIpc) is 2.86. The van der Waals surface area contributed by atoms with Crippen molar-refractivity contribution < 1.29 is 18.7 Å². The van der Waals surface area contributed by atoms with E-state index in [1.807, 2.05) is 0 Å². The number of hydrogen-bond acceptors (Lipinski definition) is 3. The summed E-state index contributed by atoms with van der Waals surface area (Å²) in [6, 6.07) is 7.27. The van der Waals surface area contributed by atoms with E-state index in [-0.39, 0.29) is 17.4 Å². The monoisotopic (exact) mass is 371 g/mol. The number of amides is 1. The molecule has 2 aromatic rings. The Kier molecular flexibility index (Phi) is 3.73. The van der Waals surface area contributed by atoms with Crippen LogP contribution >= 0.6 is 27.5 Å². The number of nitrogens with one attached hydrogen (secondary N) is 1. The molecule has 0 radical (unpaired) electrons. The molecule has 108 valence electrons. The number of benzene rings is 2. The molecule has 1 amide bonds. The van der Waals surface area contributed by atoms with Crippen molar-refractivity contribution in [1.82, 2.24) is 0 Å². The van der Waals surface area contributed by atoms with E-state index >= 15 is 0 Å². The van der Waals surface area contributed by atoms with Crippen molar-refractivity contribution in [3.63, 3.8) is 0 Å². The minimum Gasteiger partial charge on any atom is -0.454 e. The van der Waals surface area contributed by atoms with Gasteiger partial charge in [0.1, 0.15) is 5.82 Å². The highest BCUT2D eigenvalue weighted by atomic mass is 79.9. The van der Waals surface area contributed by atoms with Gasteiger partial charge in [-0.1, -0.05) is 27.5 Å². The molecule has 0 saturated carbocycles. The van der Waals surface area contributed by atoms with Crippen molar-refractivity contribution >= 4 is 39.1 Å². The highest BCUT2D eigenvalue weighted by molar-refractivity contribution is 9.10. The molecule has 0 unspecified atom stereocenters. The van der Waals surface area contributed by atoms with Gasteiger partial charge in [0.15, 0.2) is 11.5 Å². The zero-order valence-corrected chi connectivity index (χ0v) is 12.8. The van der Waals surface area contributed by atoms with E-state index < -0.39 is 11.7 Å². The van der Waals surface area contributed by atoms with Gasteiger partial charge < -0.3 is 14.8 Å². The van der Waals surface area contributed by atoms with Gasteiger partial charge in [0.25, 0.3) is 5.91 Å². The SMILES string of the molecule is O=C(Nc1cc2c(cc1Cl)OCO2)c1ccc(Br)cc1F. The average molecular weight is 373 g/mol. The normalized spacial score (nSPS) is 12.3. The number of carbonyl (C=O) groups is 1. The fourth-order valence-electron chi connectivity index (χ4n) is 1.88. The van der Waals surface area contributed by atoms with Gasteiger partial charge in [0, 0.05) is 16.6 Å². The quantitative estimate of drug-likeness (QED) is 0.858. The predicted molar refractivity (Wildman–Crippen MR) is 79.6 cm³/mol. The third kappa shape index (κ3) is 2.82. The number of ether oxygens (including phenoxy) is 2. The van der Waals surface area contributed by atoms with Gasteiger partial charge in [0.05, 0.1) is 16.3 Å². The summed E-state index contributed by atoms with van der Waals surface area (Å²) in [7, 11) is 0. The molecule has 2 aromatic carbocycles. The van der Waals surface area contributed by atoms with Gasteiger partial charge in [-0.25, -0.2) is 4.39 Å². The highest BCUT2D eigenvalue weighted by Crippen LogP contribution is 2.39. The lowest BCUT2D eigenvalue weighted by atomic mass is 10.2. The maximum atomic E-state index is 13.8.